The van der Waals surface area contributed by atoms with Gasteiger partial charge in [-0.05, 0) is 14.0 Å². The minimum atomic E-state index is -3.57. The first-order valence-electron chi connectivity index (χ1n) is 3.08. The van der Waals surface area contributed by atoms with E-state index in [1.807, 2.05) is 9.44 Å². The number of sulfonamides is 2. The molecule has 0 bridgehead atoms. The van der Waals surface area contributed by atoms with Gasteiger partial charge in [0.2, 0.25) is 20.0 Å². The van der Waals surface area contributed by atoms with Crippen LogP contribution in [-0.2, 0) is 20.0 Å². The van der Waals surface area contributed by atoms with Crippen molar-refractivity contribution < 1.29 is 16.8 Å². The number of hydrogen-bond acceptors (Lipinski definition) is 4. The molecule has 0 heterocycles. The van der Waals surface area contributed by atoms with Crippen LogP contribution in [0.3, 0.4) is 0 Å². The van der Waals surface area contributed by atoms with Gasteiger partial charge in [-0.1, -0.05) is 0 Å². The highest BCUT2D eigenvalue weighted by Gasteiger charge is 2.21. The van der Waals surface area contributed by atoms with E-state index in [9.17, 15) is 16.8 Å². The van der Waals surface area contributed by atoms with E-state index in [0.717, 1.165) is 6.26 Å². The van der Waals surface area contributed by atoms with Gasteiger partial charge in [0, 0.05) is 0 Å². The van der Waals surface area contributed by atoms with E-state index in [0.29, 0.717) is 0 Å². The first kappa shape index (κ1) is 11.8. The molecule has 0 aliphatic rings. The van der Waals surface area contributed by atoms with Crippen molar-refractivity contribution in [1.29, 1.82) is 0 Å². The topological polar surface area (TPSA) is 92.3 Å². The van der Waals surface area contributed by atoms with Gasteiger partial charge in [0.25, 0.3) is 0 Å². The summed E-state index contributed by atoms with van der Waals surface area (Å²) in [5.41, 5.74) is 0. The Kier molecular flexibility index (Phi) is 3.63. The summed E-state index contributed by atoms with van der Waals surface area (Å²) in [5.74, 6) is 0. The number of nitrogens with one attached hydrogen (secondary N) is 2. The molecule has 0 aromatic heterocycles. The zero-order valence-electron chi connectivity index (χ0n) is 7.03. The summed E-state index contributed by atoms with van der Waals surface area (Å²) in [6.45, 7) is 1.24. The Morgan fingerprint density at radius 1 is 1.17 bits per heavy atom. The maximum absolute atomic E-state index is 10.9. The molecule has 1 atom stereocenters. The third kappa shape index (κ3) is 4.00. The highest BCUT2D eigenvalue weighted by atomic mass is 32.2. The van der Waals surface area contributed by atoms with Crippen molar-refractivity contribution in [1.82, 2.24) is 9.44 Å². The summed E-state index contributed by atoms with van der Waals surface area (Å²) >= 11 is 0. The molecule has 0 saturated carbocycles. The molecule has 2 N–H and O–H groups in total. The van der Waals surface area contributed by atoms with E-state index in [-0.39, 0.29) is 0 Å². The largest absolute Gasteiger partial charge is 0.228 e. The van der Waals surface area contributed by atoms with Gasteiger partial charge in [0.1, 0.15) is 5.37 Å². The maximum atomic E-state index is 10.9. The highest BCUT2D eigenvalue weighted by molar-refractivity contribution is 7.92. The summed E-state index contributed by atoms with van der Waals surface area (Å²) in [4.78, 5) is 0. The predicted octanol–water partition coefficient (Wildman–Crippen LogP) is -1.57. The van der Waals surface area contributed by atoms with Gasteiger partial charge >= 0.3 is 0 Å². The smallest absolute Gasteiger partial charge is 0.217 e. The summed E-state index contributed by atoms with van der Waals surface area (Å²) < 4.78 is 47.0. The fraction of sp³-hybridized carbons (Fsp3) is 1.00. The molecule has 0 spiro atoms. The van der Waals surface area contributed by atoms with E-state index in [1.165, 1.54) is 14.0 Å². The lowest BCUT2D eigenvalue weighted by molar-refractivity contribution is 0.557. The lowest BCUT2D eigenvalue weighted by atomic mass is 10.8. The molecule has 74 valence electrons. The first-order chi connectivity index (χ1) is 5.19. The van der Waals surface area contributed by atoms with E-state index < -0.39 is 25.4 Å². The average molecular weight is 216 g/mol. The molecule has 0 fully saturated rings. The molecule has 0 unspecified atom stereocenters. The Morgan fingerprint density at radius 3 is 1.83 bits per heavy atom. The van der Waals surface area contributed by atoms with Gasteiger partial charge in [-0.25, -0.2) is 21.6 Å². The van der Waals surface area contributed by atoms with Gasteiger partial charge < -0.3 is 0 Å². The molecule has 12 heavy (non-hydrogen) atoms. The van der Waals surface area contributed by atoms with Crippen LogP contribution in [0.5, 0.6) is 0 Å². The molecule has 0 aliphatic carbocycles. The Hall–Kier alpha value is -0.180. The average Bonchev–Trinajstić information content (AvgIpc) is 1.84. The molecule has 0 saturated heterocycles. The van der Waals surface area contributed by atoms with Crippen LogP contribution >= 0.6 is 0 Å². The van der Waals surface area contributed by atoms with Crippen LogP contribution in [0.25, 0.3) is 0 Å². The summed E-state index contributed by atoms with van der Waals surface area (Å²) in [5, 5.41) is -1.16. The molecular weight excluding hydrogens is 204 g/mol. The van der Waals surface area contributed by atoms with Gasteiger partial charge in [0.15, 0.2) is 0 Å². The van der Waals surface area contributed by atoms with Crippen LogP contribution in [0, 0.1) is 0 Å². The van der Waals surface area contributed by atoms with Crippen molar-refractivity contribution in [3.63, 3.8) is 0 Å². The zero-order valence-corrected chi connectivity index (χ0v) is 8.66. The van der Waals surface area contributed by atoms with E-state index in [1.54, 1.807) is 0 Å². The van der Waals surface area contributed by atoms with Crippen LogP contribution < -0.4 is 9.44 Å². The Balaban J connectivity index is 4.56. The van der Waals surface area contributed by atoms with E-state index in [2.05, 4.69) is 0 Å². The number of hydrogen-bond donors (Lipinski definition) is 2. The second kappa shape index (κ2) is 3.69. The highest BCUT2D eigenvalue weighted by Crippen LogP contribution is 1.94. The van der Waals surface area contributed by atoms with Crippen LogP contribution in [0.4, 0.5) is 0 Å². The summed E-state index contributed by atoms with van der Waals surface area (Å²) in [6.07, 6.45) is 0.898. The first-order valence-corrected chi connectivity index (χ1v) is 6.52. The van der Waals surface area contributed by atoms with Crippen LogP contribution in [-0.4, -0.2) is 35.5 Å². The minimum Gasteiger partial charge on any atom is -0.217 e. The predicted molar refractivity (Wildman–Crippen MR) is 45.4 cm³/mol. The second-order valence-electron chi connectivity index (χ2n) is 2.28. The Morgan fingerprint density at radius 2 is 1.58 bits per heavy atom. The molecule has 0 aliphatic heterocycles. The molecule has 0 aromatic carbocycles. The van der Waals surface area contributed by atoms with Gasteiger partial charge in [-0.15, -0.1) is 0 Å². The second-order valence-corrected chi connectivity index (χ2v) is 6.27. The molecule has 8 heteroatoms. The molecule has 0 radical (unpaired) electrons. The molecule has 0 rings (SSSR count). The molecule has 6 nitrogen and oxygen atoms in total. The van der Waals surface area contributed by atoms with E-state index in [4.69, 9.17) is 0 Å². The van der Waals surface area contributed by atoms with Gasteiger partial charge in [0.05, 0.1) is 6.26 Å². The SMILES string of the molecule is CNS(=O)(=O)[C@H](C)NS(C)(=O)=O. The van der Waals surface area contributed by atoms with Gasteiger partial charge in [-0.3, -0.25) is 0 Å². The van der Waals surface area contributed by atoms with Crippen LogP contribution in [0.2, 0.25) is 0 Å². The maximum Gasteiger partial charge on any atom is 0.228 e. The third-order valence-corrected chi connectivity index (χ3v) is 3.68. The van der Waals surface area contributed by atoms with Crippen molar-refractivity contribution in [2.75, 3.05) is 13.3 Å². The zero-order chi connectivity index (χ0) is 9.99. The monoisotopic (exact) mass is 216 g/mol. The van der Waals surface area contributed by atoms with Crippen LogP contribution in [0.15, 0.2) is 0 Å². The number of rotatable bonds is 4. The van der Waals surface area contributed by atoms with Crippen molar-refractivity contribution in [2.45, 2.75) is 12.3 Å². The van der Waals surface area contributed by atoms with Crippen molar-refractivity contribution in [3.05, 3.63) is 0 Å². The quantitative estimate of drug-likeness (QED) is 0.594. The third-order valence-electron chi connectivity index (χ3n) is 1.13. The van der Waals surface area contributed by atoms with Crippen molar-refractivity contribution in [2.24, 2.45) is 0 Å². The normalized spacial score (nSPS) is 15.9. The van der Waals surface area contributed by atoms with Crippen molar-refractivity contribution >= 4 is 20.0 Å². The lowest BCUT2D eigenvalue weighted by Crippen LogP contribution is -2.42. The Bertz CT molecular complexity index is 330. The standard InChI is InChI=1S/C4H12N2O4S2/c1-4(6-11(3,7)8)12(9,10)5-2/h4-6H,1-3H3/t4-/m1/s1. The summed E-state index contributed by atoms with van der Waals surface area (Å²) in [6, 6.07) is 0. The molecule has 0 aromatic rings. The van der Waals surface area contributed by atoms with Gasteiger partial charge in [-0.2, -0.15) is 4.72 Å². The fourth-order valence-electron chi connectivity index (χ4n) is 0.542. The van der Waals surface area contributed by atoms with E-state index >= 15 is 0 Å². The Labute approximate surface area is 72.5 Å². The lowest BCUT2D eigenvalue weighted by Gasteiger charge is -2.11. The molecule has 0 amide bonds. The van der Waals surface area contributed by atoms with Crippen LogP contribution in [0.1, 0.15) is 6.92 Å². The molecular formula is C4H12N2O4S2. The fourth-order valence-corrected chi connectivity index (χ4v) is 2.53. The summed E-state index contributed by atoms with van der Waals surface area (Å²) in [7, 11) is -5.84. The van der Waals surface area contributed by atoms with Crippen molar-refractivity contribution in [3.8, 4) is 0 Å². The minimum absolute atomic E-state index is 0.898.